The molecule has 0 radical (unpaired) electrons. The quantitative estimate of drug-likeness (QED) is 0.503. The van der Waals surface area contributed by atoms with Gasteiger partial charge in [-0.05, 0) is 53.6 Å². The summed E-state index contributed by atoms with van der Waals surface area (Å²) in [6.07, 6.45) is 1.67. The van der Waals surface area contributed by atoms with Crippen LogP contribution < -0.4 is 5.32 Å². The molecule has 1 aliphatic rings. The van der Waals surface area contributed by atoms with Crippen molar-refractivity contribution in [3.05, 3.63) is 101 Å². The van der Waals surface area contributed by atoms with Gasteiger partial charge >= 0.3 is 0 Å². The first-order valence-corrected chi connectivity index (χ1v) is 10.0. The Morgan fingerprint density at radius 3 is 2.62 bits per heavy atom. The van der Waals surface area contributed by atoms with Gasteiger partial charge in [-0.3, -0.25) is 14.6 Å². The SMILES string of the molecule is O=C(NCc1ccc(F)cc1)C1c2ccc(F)cc2C(=O)N1Cc1cc2ncccc2[nH]1. The molecule has 4 aromatic rings. The Hall–Kier alpha value is -4.07. The lowest BCUT2D eigenvalue weighted by molar-refractivity contribution is -0.125. The van der Waals surface area contributed by atoms with Crippen molar-refractivity contribution in [2.75, 3.05) is 0 Å². The van der Waals surface area contributed by atoms with Crippen LogP contribution in [0.5, 0.6) is 0 Å². The summed E-state index contributed by atoms with van der Waals surface area (Å²) < 4.78 is 27.0. The van der Waals surface area contributed by atoms with Gasteiger partial charge < -0.3 is 15.2 Å². The second-order valence-electron chi connectivity index (χ2n) is 7.64. The van der Waals surface area contributed by atoms with Gasteiger partial charge in [0, 0.05) is 24.0 Å². The van der Waals surface area contributed by atoms with Gasteiger partial charge in [0.15, 0.2) is 0 Å². The summed E-state index contributed by atoms with van der Waals surface area (Å²) in [5.41, 5.74) is 3.60. The number of rotatable bonds is 5. The minimum Gasteiger partial charge on any atom is -0.356 e. The van der Waals surface area contributed by atoms with Crippen LogP contribution in [-0.2, 0) is 17.9 Å². The normalized spacial score (nSPS) is 15.2. The number of aromatic amines is 1. The average molecular weight is 432 g/mol. The van der Waals surface area contributed by atoms with Gasteiger partial charge in [-0.2, -0.15) is 0 Å². The molecule has 0 spiro atoms. The predicted octanol–water partition coefficient (Wildman–Crippen LogP) is 3.85. The molecule has 6 nitrogen and oxygen atoms in total. The summed E-state index contributed by atoms with van der Waals surface area (Å²) in [5, 5.41) is 2.81. The number of fused-ring (bicyclic) bond motifs is 2. The number of amides is 2. The Labute approximate surface area is 181 Å². The monoisotopic (exact) mass is 432 g/mol. The predicted molar refractivity (Wildman–Crippen MR) is 113 cm³/mol. The number of carbonyl (C=O) groups excluding carboxylic acids is 2. The van der Waals surface area contributed by atoms with Gasteiger partial charge in [0.25, 0.3) is 5.91 Å². The summed E-state index contributed by atoms with van der Waals surface area (Å²) in [6.45, 7) is 0.296. The molecule has 2 N–H and O–H groups in total. The molecule has 3 heterocycles. The standard InChI is InChI=1S/C24H18F2N4O2/c25-15-5-3-14(4-6-15)12-28-23(31)22-18-8-7-16(26)10-19(18)24(32)30(22)13-17-11-21-20(29-17)2-1-9-27-21/h1-11,22,29H,12-13H2,(H,28,31). The first-order valence-electron chi connectivity index (χ1n) is 10.0. The molecular formula is C24H18F2N4O2. The third-order valence-electron chi connectivity index (χ3n) is 5.53. The minimum absolute atomic E-state index is 0.125. The number of nitrogens with one attached hydrogen (secondary N) is 2. The molecule has 5 rings (SSSR count). The summed E-state index contributed by atoms with van der Waals surface area (Å²) >= 11 is 0. The van der Waals surface area contributed by atoms with Gasteiger partial charge in [-0.15, -0.1) is 0 Å². The molecule has 1 aliphatic heterocycles. The third kappa shape index (κ3) is 3.60. The molecule has 1 unspecified atom stereocenters. The summed E-state index contributed by atoms with van der Waals surface area (Å²) in [7, 11) is 0. The highest BCUT2D eigenvalue weighted by Crippen LogP contribution is 2.35. The fourth-order valence-corrected chi connectivity index (χ4v) is 4.01. The Morgan fingerprint density at radius 2 is 1.84 bits per heavy atom. The van der Waals surface area contributed by atoms with E-state index in [4.69, 9.17) is 0 Å². The maximum Gasteiger partial charge on any atom is 0.255 e. The molecule has 2 aromatic carbocycles. The van der Waals surface area contributed by atoms with Crippen LogP contribution in [-0.4, -0.2) is 26.7 Å². The molecule has 8 heteroatoms. The van der Waals surface area contributed by atoms with E-state index < -0.39 is 23.7 Å². The molecule has 0 saturated carbocycles. The number of hydrogen-bond acceptors (Lipinski definition) is 3. The van der Waals surface area contributed by atoms with Gasteiger partial charge in [-0.25, -0.2) is 8.78 Å². The summed E-state index contributed by atoms with van der Waals surface area (Å²) in [6, 6.07) is 14.2. The highest BCUT2D eigenvalue weighted by molar-refractivity contribution is 6.04. The van der Waals surface area contributed by atoms with E-state index in [-0.39, 0.29) is 24.5 Å². The highest BCUT2D eigenvalue weighted by atomic mass is 19.1. The van der Waals surface area contributed by atoms with Crippen LogP contribution in [0.15, 0.2) is 66.9 Å². The number of benzene rings is 2. The van der Waals surface area contributed by atoms with Crippen LogP contribution in [0.4, 0.5) is 8.78 Å². The maximum atomic E-state index is 13.8. The minimum atomic E-state index is -0.919. The summed E-state index contributed by atoms with van der Waals surface area (Å²) in [4.78, 5) is 35.2. The van der Waals surface area contributed by atoms with Gasteiger partial charge in [-0.1, -0.05) is 18.2 Å². The van der Waals surface area contributed by atoms with Crippen molar-refractivity contribution in [2.45, 2.75) is 19.1 Å². The van der Waals surface area contributed by atoms with Crippen molar-refractivity contribution < 1.29 is 18.4 Å². The van der Waals surface area contributed by atoms with Crippen molar-refractivity contribution >= 4 is 22.8 Å². The van der Waals surface area contributed by atoms with Crippen molar-refractivity contribution in [2.24, 2.45) is 0 Å². The van der Waals surface area contributed by atoms with E-state index in [0.717, 1.165) is 22.7 Å². The molecule has 2 aromatic heterocycles. The van der Waals surface area contributed by atoms with Crippen LogP contribution in [0.3, 0.4) is 0 Å². The van der Waals surface area contributed by atoms with Gasteiger partial charge in [0.2, 0.25) is 5.91 Å². The smallest absolute Gasteiger partial charge is 0.255 e. The van der Waals surface area contributed by atoms with Crippen molar-refractivity contribution in [1.29, 1.82) is 0 Å². The number of H-pyrrole nitrogens is 1. The Bertz CT molecular complexity index is 1300. The van der Waals surface area contributed by atoms with Crippen LogP contribution in [0.2, 0.25) is 0 Å². The second kappa shape index (κ2) is 7.88. The molecule has 160 valence electrons. The Kier molecular flexibility index (Phi) is 4.89. The zero-order valence-corrected chi connectivity index (χ0v) is 16.8. The summed E-state index contributed by atoms with van der Waals surface area (Å²) in [5.74, 6) is -1.73. The lowest BCUT2D eigenvalue weighted by atomic mass is 10.0. The third-order valence-corrected chi connectivity index (χ3v) is 5.53. The zero-order valence-electron chi connectivity index (χ0n) is 16.8. The molecule has 1 atom stereocenters. The second-order valence-corrected chi connectivity index (χ2v) is 7.64. The van der Waals surface area contributed by atoms with E-state index >= 15 is 0 Å². The Balaban J connectivity index is 1.44. The molecule has 0 saturated heterocycles. The average Bonchev–Trinajstić information content (AvgIpc) is 3.32. The van der Waals surface area contributed by atoms with E-state index in [9.17, 15) is 18.4 Å². The fraction of sp³-hybridized carbons (Fsp3) is 0.125. The molecule has 32 heavy (non-hydrogen) atoms. The highest BCUT2D eigenvalue weighted by Gasteiger charge is 2.41. The Morgan fingerprint density at radius 1 is 1.06 bits per heavy atom. The maximum absolute atomic E-state index is 13.8. The number of carbonyl (C=O) groups is 2. The van der Waals surface area contributed by atoms with Gasteiger partial charge in [0.05, 0.1) is 17.6 Å². The fourth-order valence-electron chi connectivity index (χ4n) is 4.01. The van der Waals surface area contributed by atoms with Crippen LogP contribution in [0.1, 0.15) is 33.2 Å². The molecule has 2 amide bonds. The van der Waals surface area contributed by atoms with E-state index in [1.54, 1.807) is 24.4 Å². The number of aromatic nitrogens is 2. The molecule has 0 aliphatic carbocycles. The topological polar surface area (TPSA) is 78.1 Å². The van der Waals surface area contributed by atoms with E-state index in [1.165, 1.54) is 29.2 Å². The number of hydrogen-bond donors (Lipinski definition) is 2. The molecule has 0 bridgehead atoms. The lowest BCUT2D eigenvalue weighted by Gasteiger charge is -2.24. The van der Waals surface area contributed by atoms with Crippen molar-refractivity contribution in [3.8, 4) is 0 Å². The molecule has 0 fully saturated rings. The first-order chi connectivity index (χ1) is 15.5. The lowest BCUT2D eigenvalue weighted by Crippen LogP contribution is -2.38. The first kappa shape index (κ1) is 19.9. The number of halogens is 2. The van der Waals surface area contributed by atoms with Crippen molar-refractivity contribution in [3.63, 3.8) is 0 Å². The van der Waals surface area contributed by atoms with E-state index in [0.29, 0.717) is 11.3 Å². The largest absolute Gasteiger partial charge is 0.356 e. The molecular weight excluding hydrogens is 414 g/mol. The van der Waals surface area contributed by atoms with E-state index in [1.807, 2.05) is 12.1 Å². The van der Waals surface area contributed by atoms with Crippen LogP contribution in [0, 0.1) is 11.6 Å². The van der Waals surface area contributed by atoms with Crippen LogP contribution in [0.25, 0.3) is 11.0 Å². The van der Waals surface area contributed by atoms with Gasteiger partial charge in [0.1, 0.15) is 17.7 Å². The number of nitrogens with zero attached hydrogens (tertiary/aromatic N) is 2. The van der Waals surface area contributed by atoms with Crippen molar-refractivity contribution in [1.82, 2.24) is 20.2 Å². The number of pyridine rings is 1. The van der Waals surface area contributed by atoms with E-state index in [2.05, 4.69) is 15.3 Å². The zero-order chi connectivity index (χ0) is 22.2. The van der Waals surface area contributed by atoms with Crippen LogP contribution >= 0.6 is 0 Å².